The van der Waals surface area contributed by atoms with Crippen LogP contribution >= 0.6 is 11.8 Å². The van der Waals surface area contributed by atoms with Crippen molar-refractivity contribution in [2.24, 2.45) is 11.3 Å². The molecule has 2 aromatic rings. The number of carbonyl (C=O) groups is 1. The molecule has 31 heavy (non-hydrogen) atoms. The van der Waals surface area contributed by atoms with Gasteiger partial charge < -0.3 is 4.90 Å². The van der Waals surface area contributed by atoms with Crippen LogP contribution in [0.2, 0.25) is 0 Å². The van der Waals surface area contributed by atoms with Gasteiger partial charge in [0.15, 0.2) is 0 Å². The Morgan fingerprint density at radius 1 is 1.26 bits per heavy atom. The number of amides is 1. The number of fused-ring (bicyclic) bond motifs is 2. The SMILES string of the molecule is CCC(C)(C)C1CCc2nc(SCC(=O)N3CCc4ccccc4C3)c(C#N)cc2C1. The lowest BCUT2D eigenvalue weighted by Crippen LogP contribution is -2.37. The van der Waals surface area contributed by atoms with Crippen molar-refractivity contribution in [3.63, 3.8) is 0 Å². The standard InChI is InChI=1S/C26H31N3OS/c1-4-26(2,3)22-9-10-23-20(14-22)13-21(15-27)25(28-23)31-17-24(30)29-12-11-18-7-5-6-8-19(18)16-29/h5-8,13,22H,4,9-12,14,16-17H2,1-3H3. The molecule has 4 nitrogen and oxygen atoms in total. The van der Waals surface area contributed by atoms with Crippen LogP contribution in [-0.2, 0) is 30.6 Å². The van der Waals surface area contributed by atoms with Gasteiger partial charge in [-0.25, -0.2) is 4.98 Å². The molecule has 1 aromatic heterocycles. The molecule has 1 aromatic carbocycles. The number of aromatic nitrogens is 1. The molecule has 4 rings (SSSR count). The Kier molecular flexibility index (Phi) is 6.39. The first-order valence-corrected chi connectivity index (χ1v) is 12.3. The molecule has 1 amide bonds. The summed E-state index contributed by atoms with van der Waals surface area (Å²) in [5.41, 5.74) is 5.82. The van der Waals surface area contributed by atoms with Crippen molar-refractivity contribution in [3.8, 4) is 6.07 Å². The summed E-state index contributed by atoms with van der Waals surface area (Å²) in [6, 6.07) is 12.7. The second kappa shape index (κ2) is 9.04. The van der Waals surface area contributed by atoms with Crippen molar-refractivity contribution < 1.29 is 4.79 Å². The van der Waals surface area contributed by atoms with Crippen LogP contribution in [0, 0.1) is 22.7 Å². The number of carbonyl (C=O) groups excluding carboxylic acids is 1. The lowest BCUT2D eigenvalue weighted by molar-refractivity contribution is -0.129. The minimum Gasteiger partial charge on any atom is -0.337 e. The Morgan fingerprint density at radius 2 is 2.03 bits per heavy atom. The minimum atomic E-state index is 0.118. The summed E-state index contributed by atoms with van der Waals surface area (Å²) in [7, 11) is 0. The Morgan fingerprint density at radius 3 is 2.77 bits per heavy atom. The molecule has 2 heterocycles. The largest absolute Gasteiger partial charge is 0.337 e. The first-order valence-electron chi connectivity index (χ1n) is 11.3. The molecule has 162 valence electrons. The van der Waals surface area contributed by atoms with Crippen LogP contribution in [0.1, 0.15) is 61.6 Å². The fourth-order valence-corrected chi connectivity index (χ4v) is 5.60. The Hall–Kier alpha value is -2.32. The molecular weight excluding hydrogens is 402 g/mol. The van der Waals surface area contributed by atoms with Gasteiger partial charge in [-0.05, 0) is 59.8 Å². The van der Waals surface area contributed by atoms with Gasteiger partial charge in [-0.15, -0.1) is 0 Å². The molecule has 2 aliphatic rings. The molecule has 0 N–H and O–H groups in total. The maximum Gasteiger partial charge on any atom is 0.233 e. The third kappa shape index (κ3) is 4.65. The van der Waals surface area contributed by atoms with E-state index < -0.39 is 0 Å². The van der Waals surface area contributed by atoms with Crippen molar-refractivity contribution in [1.29, 1.82) is 5.26 Å². The molecule has 1 atom stereocenters. The summed E-state index contributed by atoms with van der Waals surface area (Å²) < 4.78 is 0. The molecule has 1 aliphatic heterocycles. The fraction of sp³-hybridized carbons (Fsp3) is 0.500. The van der Waals surface area contributed by atoms with E-state index in [2.05, 4.69) is 45.0 Å². The van der Waals surface area contributed by atoms with Crippen LogP contribution in [0.3, 0.4) is 0 Å². The van der Waals surface area contributed by atoms with E-state index in [9.17, 15) is 10.1 Å². The van der Waals surface area contributed by atoms with Crippen molar-refractivity contribution in [1.82, 2.24) is 9.88 Å². The first-order chi connectivity index (χ1) is 14.9. The van der Waals surface area contributed by atoms with Crippen LogP contribution in [0.5, 0.6) is 0 Å². The molecule has 0 radical (unpaired) electrons. The topological polar surface area (TPSA) is 57.0 Å². The van der Waals surface area contributed by atoms with Crippen molar-refractivity contribution >= 4 is 17.7 Å². The second-order valence-electron chi connectivity index (χ2n) is 9.46. The van der Waals surface area contributed by atoms with E-state index in [-0.39, 0.29) is 5.91 Å². The fourth-order valence-electron chi connectivity index (χ4n) is 4.72. The molecule has 0 saturated carbocycles. The Bertz CT molecular complexity index is 1020. The lowest BCUT2D eigenvalue weighted by Gasteiger charge is -2.37. The van der Waals surface area contributed by atoms with Gasteiger partial charge in [0, 0.05) is 18.8 Å². The predicted molar refractivity (Wildman–Crippen MR) is 125 cm³/mol. The van der Waals surface area contributed by atoms with Crippen molar-refractivity contribution in [2.75, 3.05) is 12.3 Å². The zero-order valence-corrected chi connectivity index (χ0v) is 19.6. The van der Waals surface area contributed by atoms with E-state index in [1.807, 2.05) is 17.0 Å². The molecule has 5 heteroatoms. The van der Waals surface area contributed by atoms with Gasteiger partial charge in [-0.3, -0.25) is 4.79 Å². The van der Waals surface area contributed by atoms with Gasteiger partial charge in [0.05, 0.1) is 11.3 Å². The smallest absolute Gasteiger partial charge is 0.233 e. The maximum absolute atomic E-state index is 12.9. The minimum absolute atomic E-state index is 0.118. The van der Waals surface area contributed by atoms with E-state index in [1.165, 1.54) is 28.5 Å². The first kappa shape index (κ1) is 21.9. The van der Waals surface area contributed by atoms with Crippen molar-refractivity contribution in [2.45, 2.75) is 64.4 Å². The van der Waals surface area contributed by atoms with E-state index in [0.717, 1.165) is 44.3 Å². The molecule has 0 spiro atoms. The lowest BCUT2D eigenvalue weighted by atomic mass is 9.69. The number of nitriles is 1. The summed E-state index contributed by atoms with van der Waals surface area (Å²) >= 11 is 1.41. The highest BCUT2D eigenvalue weighted by Crippen LogP contribution is 2.40. The zero-order valence-electron chi connectivity index (χ0n) is 18.8. The normalized spacial score (nSPS) is 18.1. The number of aryl methyl sites for hydroxylation is 1. The Labute approximate surface area is 190 Å². The average Bonchev–Trinajstić information content (AvgIpc) is 2.81. The van der Waals surface area contributed by atoms with Gasteiger partial charge in [-0.2, -0.15) is 5.26 Å². The van der Waals surface area contributed by atoms with Gasteiger partial charge in [-0.1, -0.05) is 63.2 Å². The number of thioether (sulfide) groups is 1. The molecule has 0 bridgehead atoms. The summed E-state index contributed by atoms with van der Waals surface area (Å²) in [6.45, 7) is 8.37. The van der Waals surface area contributed by atoms with Gasteiger partial charge >= 0.3 is 0 Å². The summed E-state index contributed by atoms with van der Waals surface area (Å²) in [6.07, 6.45) is 5.16. The highest BCUT2D eigenvalue weighted by molar-refractivity contribution is 8.00. The molecule has 1 aliphatic carbocycles. The molecule has 0 saturated heterocycles. The highest BCUT2D eigenvalue weighted by atomic mass is 32.2. The molecule has 0 fully saturated rings. The van der Waals surface area contributed by atoms with E-state index in [1.54, 1.807) is 0 Å². The number of rotatable bonds is 5. The average molecular weight is 434 g/mol. The number of hydrogen-bond donors (Lipinski definition) is 0. The van der Waals surface area contributed by atoms with Gasteiger partial charge in [0.2, 0.25) is 5.91 Å². The van der Waals surface area contributed by atoms with E-state index in [0.29, 0.717) is 34.2 Å². The molecular formula is C26H31N3OS. The van der Waals surface area contributed by atoms with Crippen LogP contribution in [-0.4, -0.2) is 28.1 Å². The number of hydrogen-bond acceptors (Lipinski definition) is 4. The number of benzene rings is 1. The summed E-state index contributed by atoms with van der Waals surface area (Å²) in [5.74, 6) is 1.07. The zero-order chi connectivity index (χ0) is 22.0. The monoisotopic (exact) mass is 433 g/mol. The quantitative estimate of drug-likeness (QED) is 0.610. The number of nitrogens with zero attached hydrogens (tertiary/aromatic N) is 3. The molecule has 1 unspecified atom stereocenters. The van der Waals surface area contributed by atoms with Crippen LogP contribution in [0.25, 0.3) is 0 Å². The van der Waals surface area contributed by atoms with Gasteiger partial charge in [0.1, 0.15) is 11.1 Å². The van der Waals surface area contributed by atoms with Crippen LogP contribution in [0.15, 0.2) is 35.4 Å². The third-order valence-corrected chi connectivity index (χ3v) is 8.28. The maximum atomic E-state index is 12.9. The highest BCUT2D eigenvalue weighted by Gasteiger charge is 2.32. The van der Waals surface area contributed by atoms with E-state index >= 15 is 0 Å². The second-order valence-corrected chi connectivity index (χ2v) is 10.4. The third-order valence-electron chi connectivity index (χ3n) is 7.30. The van der Waals surface area contributed by atoms with Crippen molar-refractivity contribution in [3.05, 3.63) is 58.3 Å². The predicted octanol–water partition coefficient (Wildman–Crippen LogP) is 5.17. The summed E-state index contributed by atoms with van der Waals surface area (Å²) in [5, 5.41) is 10.4. The van der Waals surface area contributed by atoms with Crippen LogP contribution in [0.4, 0.5) is 0 Å². The van der Waals surface area contributed by atoms with Gasteiger partial charge in [0.25, 0.3) is 0 Å². The number of pyridine rings is 1. The van der Waals surface area contributed by atoms with E-state index in [4.69, 9.17) is 4.98 Å². The van der Waals surface area contributed by atoms with Crippen LogP contribution < -0.4 is 0 Å². The Balaban J connectivity index is 1.44. The summed E-state index contributed by atoms with van der Waals surface area (Å²) in [4.78, 5) is 19.6.